The summed E-state index contributed by atoms with van der Waals surface area (Å²) in [6, 6.07) is 5.79. The van der Waals surface area contributed by atoms with Gasteiger partial charge >= 0.3 is 5.97 Å². The Kier molecular flexibility index (Phi) is 4.91. The number of esters is 1. The van der Waals surface area contributed by atoms with Gasteiger partial charge in [-0.25, -0.2) is 0 Å². The van der Waals surface area contributed by atoms with E-state index < -0.39 is 5.41 Å². The lowest BCUT2D eigenvalue weighted by Gasteiger charge is -2.17. The molecule has 2 aromatic rings. The van der Waals surface area contributed by atoms with E-state index in [1.807, 2.05) is 45.2 Å². The fourth-order valence-corrected chi connectivity index (χ4v) is 2.22. The van der Waals surface area contributed by atoms with E-state index in [4.69, 9.17) is 4.74 Å². The van der Waals surface area contributed by atoms with Crippen LogP contribution in [0.2, 0.25) is 0 Å². The Morgan fingerprint density at radius 3 is 2.68 bits per heavy atom. The molecule has 4 heteroatoms. The Morgan fingerprint density at radius 1 is 1.32 bits per heavy atom. The second kappa shape index (κ2) is 6.53. The van der Waals surface area contributed by atoms with E-state index in [2.05, 4.69) is 23.9 Å². The van der Waals surface area contributed by atoms with Crippen molar-refractivity contribution in [1.29, 1.82) is 0 Å². The standard InChI is InChI=1S/C18H26N2O2/c1-6-20(5)11-10-13-12-19-14-8-7-9-15(16(13)14)22-17(21)18(2,3)4/h7-9,12,19H,6,10-11H2,1-5H3. The zero-order valence-electron chi connectivity index (χ0n) is 14.2. The van der Waals surface area contributed by atoms with Gasteiger partial charge in [0.1, 0.15) is 5.75 Å². The molecule has 0 aliphatic rings. The summed E-state index contributed by atoms with van der Waals surface area (Å²) in [6.45, 7) is 9.74. The van der Waals surface area contributed by atoms with Gasteiger partial charge in [-0.3, -0.25) is 4.79 Å². The summed E-state index contributed by atoms with van der Waals surface area (Å²) in [7, 11) is 2.11. The van der Waals surface area contributed by atoms with Crippen molar-refractivity contribution in [3.05, 3.63) is 30.0 Å². The molecule has 0 aliphatic heterocycles. The average Bonchev–Trinajstić information content (AvgIpc) is 2.88. The third-order valence-electron chi connectivity index (χ3n) is 3.87. The molecule has 120 valence electrons. The van der Waals surface area contributed by atoms with Crippen molar-refractivity contribution < 1.29 is 9.53 Å². The quantitative estimate of drug-likeness (QED) is 0.678. The highest BCUT2D eigenvalue weighted by Gasteiger charge is 2.24. The number of carbonyl (C=O) groups excluding carboxylic acids is 1. The number of nitrogens with zero attached hydrogens (tertiary/aromatic N) is 1. The maximum atomic E-state index is 12.2. The first kappa shape index (κ1) is 16.6. The number of benzene rings is 1. The van der Waals surface area contributed by atoms with E-state index in [0.717, 1.165) is 30.4 Å². The van der Waals surface area contributed by atoms with Crippen LogP contribution in [0.4, 0.5) is 0 Å². The molecule has 0 spiro atoms. The van der Waals surface area contributed by atoms with Crippen molar-refractivity contribution in [2.45, 2.75) is 34.1 Å². The molecule has 0 atom stereocenters. The van der Waals surface area contributed by atoms with E-state index in [1.165, 1.54) is 5.56 Å². The molecule has 0 aliphatic carbocycles. The smallest absolute Gasteiger partial charge is 0.316 e. The predicted octanol–water partition coefficient (Wildman–Crippen LogP) is 3.61. The molecule has 0 saturated heterocycles. The highest BCUT2D eigenvalue weighted by Crippen LogP contribution is 2.31. The van der Waals surface area contributed by atoms with E-state index in [0.29, 0.717) is 5.75 Å². The zero-order chi connectivity index (χ0) is 16.3. The number of rotatable bonds is 5. The number of hydrogen-bond donors (Lipinski definition) is 1. The number of ether oxygens (including phenoxy) is 1. The van der Waals surface area contributed by atoms with E-state index in [1.54, 1.807) is 0 Å². The summed E-state index contributed by atoms with van der Waals surface area (Å²) in [5.41, 5.74) is 1.68. The summed E-state index contributed by atoms with van der Waals surface area (Å²) < 4.78 is 5.65. The minimum absolute atomic E-state index is 0.210. The molecule has 0 amide bonds. The predicted molar refractivity (Wildman–Crippen MR) is 90.3 cm³/mol. The van der Waals surface area contributed by atoms with Crippen LogP contribution in [0.25, 0.3) is 10.9 Å². The number of carbonyl (C=O) groups is 1. The lowest BCUT2D eigenvalue weighted by Crippen LogP contribution is -2.25. The topological polar surface area (TPSA) is 45.3 Å². The van der Waals surface area contributed by atoms with Gasteiger partial charge in [0.15, 0.2) is 0 Å². The lowest BCUT2D eigenvalue weighted by atomic mass is 9.97. The molecular formula is C18H26N2O2. The van der Waals surface area contributed by atoms with Crippen molar-refractivity contribution >= 4 is 16.9 Å². The monoisotopic (exact) mass is 302 g/mol. The number of H-pyrrole nitrogens is 1. The minimum Gasteiger partial charge on any atom is -0.425 e. The molecule has 1 heterocycles. The molecule has 0 fully saturated rings. The number of nitrogens with one attached hydrogen (secondary N) is 1. The molecule has 4 nitrogen and oxygen atoms in total. The Hall–Kier alpha value is -1.81. The summed E-state index contributed by atoms with van der Waals surface area (Å²) in [4.78, 5) is 17.7. The molecule has 1 N–H and O–H groups in total. The van der Waals surface area contributed by atoms with E-state index >= 15 is 0 Å². The summed E-state index contributed by atoms with van der Waals surface area (Å²) >= 11 is 0. The van der Waals surface area contributed by atoms with Crippen LogP contribution in [0.1, 0.15) is 33.3 Å². The molecule has 1 aromatic carbocycles. The molecule has 0 unspecified atom stereocenters. The number of fused-ring (bicyclic) bond motifs is 1. The molecule has 22 heavy (non-hydrogen) atoms. The van der Waals surface area contributed by atoms with E-state index in [9.17, 15) is 4.79 Å². The van der Waals surface area contributed by atoms with Gasteiger partial charge in [0.05, 0.1) is 5.41 Å². The number of likely N-dealkylation sites (N-methyl/N-ethyl adjacent to an activating group) is 1. The molecule has 0 bridgehead atoms. The van der Waals surface area contributed by atoms with Crippen molar-refractivity contribution in [3.8, 4) is 5.75 Å². The highest BCUT2D eigenvalue weighted by atomic mass is 16.5. The van der Waals surface area contributed by atoms with Crippen molar-refractivity contribution in [3.63, 3.8) is 0 Å². The van der Waals surface area contributed by atoms with Gasteiger partial charge in [0.2, 0.25) is 0 Å². The maximum Gasteiger partial charge on any atom is 0.316 e. The first-order chi connectivity index (χ1) is 10.3. The summed E-state index contributed by atoms with van der Waals surface area (Å²) in [6.07, 6.45) is 2.94. The Labute approximate surface area is 132 Å². The second-order valence-corrected chi connectivity index (χ2v) is 6.78. The number of aromatic amines is 1. The van der Waals surface area contributed by atoms with E-state index in [-0.39, 0.29) is 5.97 Å². The SMILES string of the molecule is CCN(C)CCc1c[nH]c2cccc(OC(=O)C(C)(C)C)c12. The molecule has 1 aromatic heterocycles. The largest absolute Gasteiger partial charge is 0.425 e. The van der Waals surface area contributed by atoms with Crippen LogP contribution in [-0.4, -0.2) is 36.0 Å². The normalized spacial score (nSPS) is 12.1. The number of hydrogen-bond acceptors (Lipinski definition) is 3. The van der Waals surface area contributed by atoms with Gasteiger partial charge in [-0.05, 0) is 58.5 Å². The fourth-order valence-electron chi connectivity index (χ4n) is 2.22. The zero-order valence-corrected chi connectivity index (χ0v) is 14.2. The first-order valence-corrected chi connectivity index (χ1v) is 7.82. The van der Waals surface area contributed by atoms with Crippen LogP contribution in [0.5, 0.6) is 5.75 Å². The van der Waals surface area contributed by atoms with Crippen LogP contribution >= 0.6 is 0 Å². The van der Waals surface area contributed by atoms with Crippen LogP contribution in [-0.2, 0) is 11.2 Å². The third-order valence-corrected chi connectivity index (χ3v) is 3.87. The molecular weight excluding hydrogens is 276 g/mol. The molecule has 0 saturated carbocycles. The van der Waals surface area contributed by atoms with Gasteiger partial charge < -0.3 is 14.6 Å². The summed E-state index contributed by atoms with van der Waals surface area (Å²) in [5, 5.41) is 1.02. The van der Waals surface area contributed by atoms with Gasteiger partial charge in [0, 0.05) is 23.6 Å². The lowest BCUT2D eigenvalue weighted by molar-refractivity contribution is -0.142. The second-order valence-electron chi connectivity index (χ2n) is 6.78. The highest BCUT2D eigenvalue weighted by molar-refractivity contribution is 5.92. The number of aromatic nitrogens is 1. The minimum atomic E-state index is -0.513. The van der Waals surface area contributed by atoms with Crippen LogP contribution < -0.4 is 4.74 Å². The van der Waals surface area contributed by atoms with Crippen molar-refractivity contribution in [2.24, 2.45) is 5.41 Å². The summed E-state index contributed by atoms with van der Waals surface area (Å²) in [5.74, 6) is 0.436. The maximum absolute atomic E-state index is 12.2. The van der Waals surface area contributed by atoms with Gasteiger partial charge in [0.25, 0.3) is 0 Å². The Balaban J connectivity index is 2.30. The van der Waals surface area contributed by atoms with Gasteiger partial charge in [-0.15, -0.1) is 0 Å². The van der Waals surface area contributed by atoms with Crippen LogP contribution in [0.3, 0.4) is 0 Å². The fraction of sp³-hybridized carbons (Fsp3) is 0.500. The third kappa shape index (κ3) is 3.69. The van der Waals surface area contributed by atoms with Crippen molar-refractivity contribution in [1.82, 2.24) is 9.88 Å². The Morgan fingerprint density at radius 2 is 2.05 bits per heavy atom. The van der Waals surface area contributed by atoms with Gasteiger partial charge in [-0.1, -0.05) is 13.0 Å². The molecule has 2 rings (SSSR count). The van der Waals surface area contributed by atoms with Gasteiger partial charge in [-0.2, -0.15) is 0 Å². The Bertz CT molecular complexity index is 653. The average molecular weight is 302 g/mol. The van der Waals surface area contributed by atoms with Crippen LogP contribution in [0, 0.1) is 5.41 Å². The first-order valence-electron chi connectivity index (χ1n) is 7.82. The molecule has 0 radical (unpaired) electrons. The van der Waals surface area contributed by atoms with Crippen molar-refractivity contribution in [2.75, 3.05) is 20.1 Å². The van der Waals surface area contributed by atoms with Crippen LogP contribution in [0.15, 0.2) is 24.4 Å².